The van der Waals surface area contributed by atoms with Gasteiger partial charge in [0.2, 0.25) is 0 Å². The first-order chi connectivity index (χ1) is 14.5. The number of hydrogen-bond acceptors (Lipinski definition) is 5. The maximum Gasteiger partial charge on any atom is 0.282 e. The third kappa shape index (κ3) is 5.18. The number of halogens is 2. The molecule has 0 amide bonds. The fourth-order valence-electron chi connectivity index (χ4n) is 3.03. The number of aromatic nitrogens is 2. The molecule has 0 saturated heterocycles. The van der Waals surface area contributed by atoms with E-state index in [-0.39, 0.29) is 17.1 Å². The smallest absolute Gasteiger partial charge is 0.282 e. The van der Waals surface area contributed by atoms with E-state index in [1.807, 2.05) is 58.9 Å². The van der Waals surface area contributed by atoms with Crippen molar-refractivity contribution in [2.75, 3.05) is 7.11 Å². The Labute approximate surface area is 198 Å². The second-order valence-corrected chi connectivity index (χ2v) is 10.2. The van der Waals surface area contributed by atoms with E-state index in [2.05, 4.69) is 37.0 Å². The quantitative estimate of drug-likeness (QED) is 0.371. The maximum atomic E-state index is 13.3. The van der Waals surface area contributed by atoms with Crippen molar-refractivity contribution in [1.29, 1.82) is 0 Å². The summed E-state index contributed by atoms with van der Waals surface area (Å²) in [4.78, 5) is 18.0. The molecule has 164 valence electrons. The van der Waals surface area contributed by atoms with Crippen LogP contribution in [-0.4, -0.2) is 29.1 Å². The lowest BCUT2D eigenvalue weighted by Gasteiger charge is -2.21. The number of rotatable bonds is 5. The molecule has 0 aliphatic carbocycles. The minimum Gasteiger partial charge on any atom is -0.493 e. The number of hydrogen-bond donors (Lipinski definition) is 0. The molecule has 0 aliphatic heterocycles. The standard InChI is InChI=1S/C23H25Br2N3O3/c1-13(2)31-20-17(25)9-14(10-19(20)30-6)12-26-28-21(29)16-11-15(24)7-8-18(16)27-22(28)23(3,4)5/h7-13H,1-6H3. The molecule has 8 heteroatoms. The third-order valence-corrected chi connectivity index (χ3v) is 5.49. The fourth-order valence-corrected chi connectivity index (χ4v) is 3.94. The SMILES string of the molecule is COc1cc(C=Nn2c(C(C)(C)C)nc3ccc(Br)cc3c2=O)cc(Br)c1OC(C)C. The monoisotopic (exact) mass is 549 g/mol. The van der Waals surface area contributed by atoms with Crippen LogP contribution in [0.1, 0.15) is 46.0 Å². The highest BCUT2D eigenvalue weighted by atomic mass is 79.9. The minimum atomic E-state index is -0.384. The molecule has 0 saturated carbocycles. The van der Waals surface area contributed by atoms with Gasteiger partial charge in [-0.1, -0.05) is 36.7 Å². The lowest BCUT2D eigenvalue weighted by molar-refractivity contribution is 0.228. The summed E-state index contributed by atoms with van der Waals surface area (Å²) < 4.78 is 14.3. The van der Waals surface area contributed by atoms with E-state index >= 15 is 0 Å². The first-order valence-electron chi connectivity index (χ1n) is 9.82. The van der Waals surface area contributed by atoms with Crippen molar-refractivity contribution in [3.05, 3.63) is 61.0 Å². The number of benzene rings is 2. The second-order valence-electron chi connectivity index (χ2n) is 8.41. The first kappa shape index (κ1) is 23.5. The van der Waals surface area contributed by atoms with Gasteiger partial charge < -0.3 is 9.47 Å². The summed E-state index contributed by atoms with van der Waals surface area (Å²) in [5.41, 5.74) is 0.786. The van der Waals surface area contributed by atoms with Gasteiger partial charge in [-0.25, -0.2) is 4.98 Å². The van der Waals surface area contributed by atoms with Crippen molar-refractivity contribution in [2.45, 2.75) is 46.1 Å². The molecule has 0 spiro atoms. The van der Waals surface area contributed by atoms with Crippen LogP contribution in [0.5, 0.6) is 11.5 Å². The van der Waals surface area contributed by atoms with E-state index in [0.29, 0.717) is 28.2 Å². The van der Waals surface area contributed by atoms with Crippen molar-refractivity contribution in [3.8, 4) is 11.5 Å². The highest BCUT2D eigenvalue weighted by Crippen LogP contribution is 2.37. The highest BCUT2D eigenvalue weighted by molar-refractivity contribution is 9.10. The van der Waals surface area contributed by atoms with Crippen molar-refractivity contribution in [3.63, 3.8) is 0 Å². The molecule has 0 bridgehead atoms. The third-order valence-electron chi connectivity index (χ3n) is 4.41. The average Bonchev–Trinajstić information content (AvgIpc) is 2.68. The summed E-state index contributed by atoms with van der Waals surface area (Å²) in [6.07, 6.45) is 1.62. The average molecular weight is 551 g/mol. The van der Waals surface area contributed by atoms with Gasteiger partial charge in [0.25, 0.3) is 5.56 Å². The normalized spacial score (nSPS) is 12.2. The van der Waals surface area contributed by atoms with Gasteiger partial charge in [-0.05, 0) is 65.7 Å². The Kier molecular flexibility index (Phi) is 6.91. The Balaban J connectivity index is 2.16. The van der Waals surface area contributed by atoms with Crippen LogP contribution in [0.15, 0.2) is 49.2 Å². The molecule has 1 aromatic heterocycles. The first-order valence-corrected chi connectivity index (χ1v) is 11.4. The summed E-state index contributed by atoms with van der Waals surface area (Å²) in [6, 6.07) is 9.16. The zero-order valence-corrected chi connectivity index (χ0v) is 21.5. The Hall–Kier alpha value is -2.19. The summed E-state index contributed by atoms with van der Waals surface area (Å²) in [5, 5.41) is 5.01. The molecule has 0 unspecified atom stereocenters. The summed E-state index contributed by atoms with van der Waals surface area (Å²) >= 11 is 6.97. The van der Waals surface area contributed by atoms with Crippen LogP contribution in [0.25, 0.3) is 10.9 Å². The number of fused-ring (bicyclic) bond motifs is 1. The van der Waals surface area contributed by atoms with Gasteiger partial charge in [-0.15, -0.1) is 0 Å². The predicted molar refractivity (Wildman–Crippen MR) is 132 cm³/mol. The number of methoxy groups -OCH3 is 1. The Morgan fingerprint density at radius 3 is 2.48 bits per heavy atom. The molecule has 1 heterocycles. The van der Waals surface area contributed by atoms with Gasteiger partial charge in [0.15, 0.2) is 11.5 Å². The zero-order chi connectivity index (χ0) is 22.9. The molecule has 3 rings (SSSR count). The summed E-state index contributed by atoms with van der Waals surface area (Å²) in [6.45, 7) is 9.91. The summed E-state index contributed by atoms with van der Waals surface area (Å²) in [7, 11) is 1.59. The van der Waals surface area contributed by atoms with Crippen LogP contribution in [0, 0.1) is 0 Å². The van der Waals surface area contributed by atoms with Crippen molar-refractivity contribution >= 4 is 49.0 Å². The summed E-state index contributed by atoms with van der Waals surface area (Å²) in [5.74, 6) is 1.78. The predicted octanol–water partition coefficient (Wildman–Crippen LogP) is 5.90. The van der Waals surface area contributed by atoms with Crippen molar-refractivity contribution < 1.29 is 9.47 Å². The van der Waals surface area contributed by atoms with E-state index < -0.39 is 0 Å². The van der Waals surface area contributed by atoms with Gasteiger partial charge in [-0.2, -0.15) is 9.78 Å². The van der Waals surface area contributed by atoms with E-state index in [0.717, 1.165) is 14.5 Å². The second kappa shape index (κ2) is 9.12. The Morgan fingerprint density at radius 1 is 1.16 bits per heavy atom. The van der Waals surface area contributed by atoms with Crippen LogP contribution in [0.3, 0.4) is 0 Å². The van der Waals surface area contributed by atoms with E-state index in [9.17, 15) is 4.79 Å². The molecule has 0 radical (unpaired) electrons. The maximum absolute atomic E-state index is 13.3. The topological polar surface area (TPSA) is 65.7 Å². The molecular weight excluding hydrogens is 526 g/mol. The molecule has 2 aromatic carbocycles. The number of ether oxygens (including phenoxy) is 2. The van der Waals surface area contributed by atoms with E-state index in [1.165, 1.54) is 4.68 Å². The van der Waals surface area contributed by atoms with Gasteiger partial charge in [0.1, 0.15) is 5.82 Å². The molecule has 0 N–H and O–H groups in total. The molecule has 0 aliphatic rings. The fraction of sp³-hybridized carbons (Fsp3) is 0.348. The van der Waals surface area contributed by atoms with E-state index in [1.54, 1.807) is 19.4 Å². The lowest BCUT2D eigenvalue weighted by atomic mass is 9.95. The van der Waals surface area contributed by atoms with Gasteiger partial charge in [0, 0.05) is 9.89 Å². The van der Waals surface area contributed by atoms with Crippen molar-refractivity contribution in [2.24, 2.45) is 5.10 Å². The highest BCUT2D eigenvalue weighted by Gasteiger charge is 2.23. The Morgan fingerprint density at radius 2 is 1.87 bits per heavy atom. The van der Waals surface area contributed by atoms with Crippen LogP contribution >= 0.6 is 31.9 Å². The molecule has 0 fully saturated rings. The van der Waals surface area contributed by atoms with E-state index in [4.69, 9.17) is 14.5 Å². The Bertz CT molecular complexity index is 1210. The lowest BCUT2D eigenvalue weighted by Crippen LogP contribution is -2.29. The van der Waals surface area contributed by atoms with Crippen LogP contribution in [-0.2, 0) is 5.41 Å². The molecule has 3 aromatic rings. The molecular formula is C23H25Br2N3O3. The zero-order valence-electron chi connectivity index (χ0n) is 18.4. The van der Waals surface area contributed by atoms with Crippen LogP contribution < -0.4 is 15.0 Å². The largest absolute Gasteiger partial charge is 0.493 e. The van der Waals surface area contributed by atoms with Gasteiger partial charge >= 0.3 is 0 Å². The molecule has 31 heavy (non-hydrogen) atoms. The number of nitrogens with zero attached hydrogens (tertiary/aromatic N) is 3. The molecule has 0 atom stereocenters. The molecule has 6 nitrogen and oxygen atoms in total. The minimum absolute atomic E-state index is 0.000589. The van der Waals surface area contributed by atoms with Crippen LogP contribution in [0.4, 0.5) is 0 Å². The van der Waals surface area contributed by atoms with Crippen LogP contribution in [0.2, 0.25) is 0 Å². The van der Waals surface area contributed by atoms with Crippen molar-refractivity contribution in [1.82, 2.24) is 9.66 Å². The van der Waals surface area contributed by atoms with Gasteiger partial charge in [0.05, 0.1) is 34.8 Å². The van der Waals surface area contributed by atoms with Gasteiger partial charge in [-0.3, -0.25) is 4.79 Å².